The van der Waals surface area contributed by atoms with Crippen LogP contribution in [0.4, 0.5) is 0 Å². The van der Waals surface area contributed by atoms with Gasteiger partial charge in [0.2, 0.25) is 5.91 Å². The highest BCUT2D eigenvalue weighted by molar-refractivity contribution is 6.30. The maximum Gasteiger partial charge on any atom is 0.336 e. The minimum Gasteiger partial charge on any atom is -0.464 e. The van der Waals surface area contributed by atoms with Crippen LogP contribution in [0.5, 0.6) is 0 Å². The van der Waals surface area contributed by atoms with Crippen molar-refractivity contribution < 1.29 is 19.1 Å². The second kappa shape index (κ2) is 8.21. The average Bonchev–Trinajstić information content (AvgIpc) is 2.44. The molecule has 0 fully saturated rings. The van der Waals surface area contributed by atoms with Crippen LogP contribution >= 0.6 is 11.6 Å². The van der Waals surface area contributed by atoms with E-state index in [2.05, 4.69) is 5.32 Å². The fraction of sp³-hybridized carbons (Fsp3) is 0.267. The third-order valence-electron chi connectivity index (χ3n) is 2.51. The Hall–Kier alpha value is -2.14. The van der Waals surface area contributed by atoms with Gasteiger partial charge in [0.1, 0.15) is 0 Å². The first-order chi connectivity index (χ1) is 9.93. The maximum atomic E-state index is 11.7. The number of carbonyl (C=O) groups is 3. The number of hydrogen-bond acceptors (Lipinski definition) is 4. The van der Waals surface area contributed by atoms with E-state index in [9.17, 15) is 14.4 Å². The molecule has 0 aromatic heterocycles. The van der Waals surface area contributed by atoms with Crippen molar-refractivity contribution in [1.29, 1.82) is 0 Å². The molecule has 21 heavy (non-hydrogen) atoms. The topological polar surface area (TPSA) is 72.5 Å². The maximum absolute atomic E-state index is 11.7. The number of Topliss-reactive ketones (excluding diaryl/α,β-unsaturated/α-hetero) is 1. The Balaban J connectivity index is 2.67. The Bertz CT molecular complexity index is 551. The number of carbonyl (C=O) groups excluding carboxylic acids is 3. The molecule has 0 bridgehead atoms. The highest BCUT2D eigenvalue weighted by Crippen LogP contribution is 2.10. The van der Waals surface area contributed by atoms with E-state index in [1.807, 2.05) is 0 Å². The van der Waals surface area contributed by atoms with E-state index in [0.29, 0.717) is 5.02 Å². The SMILES string of the molecule is CCOC(=O)C(NC(=O)/C=C/c1ccc(Cl)cc1)C(C)=O. The van der Waals surface area contributed by atoms with Crippen LogP contribution in [-0.2, 0) is 19.1 Å². The molecule has 0 saturated carbocycles. The van der Waals surface area contributed by atoms with Crippen molar-refractivity contribution in [2.45, 2.75) is 19.9 Å². The van der Waals surface area contributed by atoms with E-state index < -0.39 is 23.7 Å². The van der Waals surface area contributed by atoms with Gasteiger partial charge in [-0.15, -0.1) is 0 Å². The monoisotopic (exact) mass is 309 g/mol. The fourth-order valence-electron chi connectivity index (χ4n) is 1.49. The predicted octanol–water partition coefficient (Wildman–Crippen LogP) is 1.99. The molecule has 0 saturated heterocycles. The Morgan fingerprint density at radius 1 is 1.29 bits per heavy atom. The molecule has 0 aliphatic rings. The second-order valence-electron chi connectivity index (χ2n) is 4.19. The summed E-state index contributed by atoms with van der Waals surface area (Å²) in [5.41, 5.74) is 0.769. The molecule has 1 unspecified atom stereocenters. The van der Waals surface area contributed by atoms with E-state index in [1.165, 1.54) is 13.0 Å². The fourth-order valence-corrected chi connectivity index (χ4v) is 1.61. The van der Waals surface area contributed by atoms with Crippen molar-refractivity contribution >= 4 is 35.3 Å². The minimum absolute atomic E-state index is 0.138. The third-order valence-corrected chi connectivity index (χ3v) is 2.76. The molecule has 0 spiro atoms. The molecule has 1 aromatic carbocycles. The standard InChI is InChI=1S/C15H16ClNO4/c1-3-21-15(20)14(10(2)18)17-13(19)9-6-11-4-7-12(16)8-5-11/h4-9,14H,3H2,1-2H3,(H,17,19)/b9-6+. The number of esters is 1. The highest BCUT2D eigenvalue weighted by atomic mass is 35.5. The van der Waals surface area contributed by atoms with Crippen LogP contribution in [0.25, 0.3) is 6.08 Å². The van der Waals surface area contributed by atoms with Crippen molar-refractivity contribution in [2.24, 2.45) is 0 Å². The van der Waals surface area contributed by atoms with Crippen molar-refractivity contribution in [3.63, 3.8) is 0 Å². The zero-order valence-corrected chi connectivity index (χ0v) is 12.5. The molecular weight excluding hydrogens is 294 g/mol. The lowest BCUT2D eigenvalue weighted by molar-refractivity contribution is -0.149. The van der Waals surface area contributed by atoms with Gasteiger partial charge in [-0.2, -0.15) is 0 Å². The molecule has 1 amide bonds. The summed E-state index contributed by atoms with van der Waals surface area (Å²) < 4.78 is 4.73. The molecule has 0 aliphatic heterocycles. The zero-order chi connectivity index (χ0) is 15.8. The third kappa shape index (κ3) is 5.79. The Kier molecular flexibility index (Phi) is 6.62. The van der Waals surface area contributed by atoms with Gasteiger partial charge in [0.25, 0.3) is 0 Å². The van der Waals surface area contributed by atoms with E-state index in [4.69, 9.17) is 16.3 Å². The molecule has 1 rings (SSSR count). The van der Waals surface area contributed by atoms with E-state index in [1.54, 1.807) is 37.3 Å². The number of hydrogen-bond donors (Lipinski definition) is 1. The Morgan fingerprint density at radius 3 is 2.43 bits per heavy atom. The first kappa shape index (κ1) is 16.9. The summed E-state index contributed by atoms with van der Waals surface area (Å²) in [7, 11) is 0. The number of ether oxygens (including phenoxy) is 1. The number of ketones is 1. The summed E-state index contributed by atoms with van der Waals surface area (Å²) in [5.74, 6) is -1.81. The molecule has 6 heteroatoms. The first-order valence-electron chi connectivity index (χ1n) is 6.35. The lowest BCUT2D eigenvalue weighted by atomic mass is 10.2. The number of benzene rings is 1. The molecular formula is C15H16ClNO4. The summed E-state index contributed by atoms with van der Waals surface area (Å²) in [6, 6.07) is 5.57. The summed E-state index contributed by atoms with van der Waals surface area (Å²) >= 11 is 5.75. The number of rotatable bonds is 6. The Labute approximate surface area is 127 Å². The van der Waals surface area contributed by atoms with E-state index in [0.717, 1.165) is 5.56 Å². The van der Waals surface area contributed by atoms with Gasteiger partial charge in [-0.1, -0.05) is 23.7 Å². The van der Waals surface area contributed by atoms with Crippen LogP contribution in [0, 0.1) is 0 Å². The van der Waals surface area contributed by atoms with Gasteiger partial charge >= 0.3 is 5.97 Å². The predicted molar refractivity (Wildman–Crippen MR) is 79.7 cm³/mol. The van der Waals surface area contributed by atoms with Crippen LogP contribution in [-0.4, -0.2) is 30.3 Å². The largest absolute Gasteiger partial charge is 0.464 e. The first-order valence-corrected chi connectivity index (χ1v) is 6.73. The molecule has 0 radical (unpaired) electrons. The van der Waals surface area contributed by atoms with Crippen LogP contribution in [0.2, 0.25) is 5.02 Å². The van der Waals surface area contributed by atoms with Gasteiger partial charge < -0.3 is 10.1 Å². The van der Waals surface area contributed by atoms with Crippen LogP contribution < -0.4 is 5.32 Å². The summed E-state index contributed by atoms with van der Waals surface area (Å²) in [6.07, 6.45) is 2.78. The van der Waals surface area contributed by atoms with Crippen LogP contribution in [0.15, 0.2) is 30.3 Å². The van der Waals surface area contributed by atoms with Gasteiger partial charge in [-0.05, 0) is 37.6 Å². The molecule has 1 atom stereocenters. The molecule has 1 N–H and O–H groups in total. The lowest BCUT2D eigenvalue weighted by Crippen LogP contribution is -2.45. The van der Waals surface area contributed by atoms with Crippen molar-refractivity contribution in [1.82, 2.24) is 5.32 Å². The summed E-state index contributed by atoms with van der Waals surface area (Å²) in [4.78, 5) is 34.6. The normalized spacial score (nSPS) is 12.0. The van der Waals surface area contributed by atoms with Gasteiger partial charge in [0.05, 0.1) is 6.61 Å². The summed E-state index contributed by atoms with van der Waals surface area (Å²) in [5, 5.41) is 2.90. The second-order valence-corrected chi connectivity index (χ2v) is 4.63. The van der Waals surface area contributed by atoms with Crippen molar-refractivity contribution in [2.75, 3.05) is 6.61 Å². The van der Waals surface area contributed by atoms with Gasteiger partial charge in [0, 0.05) is 11.1 Å². The molecule has 1 aromatic rings. The summed E-state index contributed by atoms with van der Waals surface area (Å²) in [6.45, 7) is 2.97. The zero-order valence-electron chi connectivity index (χ0n) is 11.8. The highest BCUT2D eigenvalue weighted by Gasteiger charge is 2.25. The number of nitrogens with one attached hydrogen (secondary N) is 1. The quantitative estimate of drug-likeness (QED) is 0.495. The van der Waals surface area contributed by atoms with Gasteiger partial charge in [-0.25, -0.2) is 4.79 Å². The molecule has 112 valence electrons. The molecule has 5 nitrogen and oxygen atoms in total. The minimum atomic E-state index is -1.28. The van der Waals surface area contributed by atoms with E-state index in [-0.39, 0.29) is 6.61 Å². The Morgan fingerprint density at radius 2 is 1.90 bits per heavy atom. The van der Waals surface area contributed by atoms with Gasteiger partial charge in [0.15, 0.2) is 11.8 Å². The lowest BCUT2D eigenvalue weighted by Gasteiger charge is -2.12. The van der Waals surface area contributed by atoms with Crippen LogP contribution in [0.3, 0.4) is 0 Å². The average molecular weight is 310 g/mol. The van der Waals surface area contributed by atoms with Crippen LogP contribution in [0.1, 0.15) is 19.4 Å². The number of halogens is 1. The number of amides is 1. The molecule has 0 heterocycles. The smallest absolute Gasteiger partial charge is 0.336 e. The van der Waals surface area contributed by atoms with Crippen molar-refractivity contribution in [3.05, 3.63) is 40.9 Å². The molecule has 0 aliphatic carbocycles. The van der Waals surface area contributed by atoms with Gasteiger partial charge in [-0.3, -0.25) is 9.59 Å². The van der Waals surface area contributed by atoms with Crippen molar-refractivity contribution in [3.8, 4) is 0 Å². The van der Waals surface area contributed by atoms with E-state index >= 15 is 0 Å².